The van der Waals surface area contributed by atoms with Crippen LogP contribution in [-0.2, 0) is 0 Å². The van der Waals surface area contributed by atoms with Crippen LogP contribution in [0.3, 0.4) is 0 Å². The molecule has 0 spiro atoms. The highest BCUT2D eigenvalue weighted by atomic mass is 32.1. The second-order valence-corrected chi connectivity index (χ2v) is 5.48. The number of fused-ring (bicyclic) bond motifs is 1. The Morgan fingerprint density at radius 3 is 2.95 bits per heavy atom. The van der Waals surface area contributed by atoms with Crippen LogP contribution < -0.4 is 15.8 Å². The van der Waals surface area contributed by atoms with Gasteiger partial charge in [-0.25, -0.2) is 4.98 Å². The van der Waals surface area contributed by atoms with E-state index in [2.05, 4.69) is 10.3 Å². The molecule has 0 radical (unpaired) electrons. The lowest BCUT2D eigenvalue weighted by atomic mass is 10.2. The van der Waals surface area contributed by atoms with Crippen LogP contribution in [0.15, 0.2) is 42.5 Å². The largest absolute Gasteiger partial charge is 0.497 e. The molecule has 0 aliphatic heterocycles. The molecule has 1 heterocycles. The molecular weight excluding hydrogens is 286 g/mol. The molecule has 0 unspecified atom stereocenters. The fourth-order valence-electron chi connectivity index (χ4n) is 1.99. The Kier molecular flexibility index (Phi) is 3.45. The maximum atomic E-state index is 12.3. The SMILES string of the molecule is COc1cccc(NC(=O)c2ccc3nc(N)sc3c2)c1. The summed E-state index contributed by atoms with van der Waals surface area (Å²) in [6.45, 7) is 0. The molecule has 21 heavy (non-hydrogen) atoms. The average molecular weight is 299 g/mol. The summed E-state index contributed by atoms with van der Waals surface area (Å²) in [5, 5.41) is 3.33. The molecule has 6 heteroatoms. The number of ether oxygens (including phenoxy) is 1. The van der Waals surface area contributed by atoms with Crippen molar-refractivity contribution in [3.8, 4) is 5.75 Å². The lowest BCUT2D eigenvalue weighted by Crippen LogP contribution is -2.11. The normalized spacial score (nSPS) is 10.5. The third-order valence-electron chi connectivity index (χ3n) is 2.99. The predicted molar refractivity (Wildman–Crippen MR) is 85.0 cm³/mol. The van der Waals surface area contributed by atoms with E-state index in [9.17, 15) is 4.79 Å². The van der Waals surface area contributed by atoms with Crippen molar-refractivity contribution in [3.63, 3.8) is 0 Å². The van der Waals surface area contributed by atoms with E-state index in [0.717, 1.165) is 10.2 Å². The van der Waals surface area contributed by atoms with Gasteiger partial charge in [-0.05, 0) is 30.3 Å². The lowest BCUT2D eigenvalue weighted by Gasteiger charge is -2.07. The van der Waals surface area contributed by atoms with Crippen LogP contribution in [0, 0.1) is 0 Å². The summed E-state index contributed by atoms with van der Waals surface area (Å²) >= 11 is 1.36. The van der Waals surface area contributed by atoms with Gasteiger partial charge in [-0.1, -0.05) is 17.4 Å². The number of hydrogen-bond acceptors (Lipinski definition) is 5. The summed E-state index contributed by atoms with van der Waals surface area (Å²) in [6, 6.07) is 12.5. The van der Waals surface area contributed by atoms with Gasteiger partial charge in [0.2, 0.25) is 0 Å². The Bertz CT molecular complexity index is 814. The molecule has 0 fully saturated rings. The van der Waals surface area contributed by atoms with Crippen molar-refractivity contribution in [2.75, 3.05) is 18.2 Å². The fraction of sp³-hybridized carbons (Fsp3) is 0.0667. The molecule has 0 bridgehead atoms. The number of hydrogen-bond donors (Lipinski definition) is 2. The minimum absolute atomic E-state index is 0.183. The summed E-state index contributed by atoms with van der Waals surface area (Å²) < 4.78 is 6.03. The van der Waals surface area contributed by atoms with Gasteiger partial charge in [-0.2, -0.15) is 0 Å². The van der Waals surface area contributed by atoms with Crippen molar-refractivity contribution in [3.05, 3.63) is 48.0 Å². The number of nitrogens with one attached hydrogen (secondary N) is 1. The minimum Gasteiger partial charge on any atom is -0.497 e. The molecule has 0 aliphatic carbocycles. The molecule has 0 saturated heterocycles. The summed E-state index contributed by atoms with van der Waals surface area (Å²) in [5.74, 6) is 0.510. The smallest absolute Gasteiger partial charge is 0.255 e. The Morgan fingerprint density at radius 1 is 1.29 bits per heavy atom. The van der Waals surface area contributed by atoms with Gasteiger partial charge in [0.1, 0.15) is 5.75 Å². The molecule has 3 aromatic rings. The van der Waals surface area contributed by atoms with Crippen LogP contribution in [-0.4, -0.2) is 18.0 Å². The van der Waals surface area contributed by atoms with Crippen molar-refractivity contribution in [2.45, 2.75) is 0 Å². The maximum Gasteiger partial charge on any atom is 0.255 e. The standard InChI is InChI=1S/C15H13N3O2S/c1-20-11-4-2-3-10(8-11)17-14(19)9-5-6-12-13(7-9)21-15(16)18-12/h2-8H,1H3,(H2,16,18)(H,17,19). The third-order valence-corrected chi connectivity index (χ3v) is 3.84. The van der Waals surface area contributed by atoms with Crippen molar-refractivity contribution >= 4 is 38.3 Å². The Labute approximate surface area is 125 Å². The zero-order valence-electron chi connectivity index (χ0n) is 11.3. The number of carbonyl (C=O) groups excluding carboxylic acids is 1. The first-order valence-corrected chi connectivity index (χ1v) is 7.09. The van der Waals surface area contributed by atoms with Gasteiger partial charge in [-0.3, -0.25) is 4.79 Å². The number of methoxy groups -OCH3 is 1. The van der Waals surface area contributed by atoms with E-state index in [-0.39, 0.29) is 5.91 Å². The average Bonchev–Trinajstić information content (AvgIpc) is 2.86. The maximum absolute atomic E-state index is 12.3. The number of nitrogens with zero attached hydrogens (tertiary/aromatic N) is 1. The van der Waals surface area contributed by atoms with E-state index in [4.69, 9.17) is 10.5 Å². The lowest BCUT2D eigenvalue weighted by molar-refractivity contribution is 0.102. The van der Waals surface area contributed by atoms with E-state index in [1.165, 1.54) is 11.3 Å². The van der Waals surface area contributed by atoms with Gasteiger partial charge >= 0.3 is 0 Å². The van der Waals surface area contributed by atoms with Crippen LogP contribution in [0.2, 0.25) is 0 Å². The molecule has 0 saturated carbocycles. The number of thiazole rings is 1. The van der Waals surface area contributed by atoms with E-state index in [1.807, 2.05) is 18.2 Å². The van der Waals surface area contributed by atoms with Crippen LogP contribution in [0.25, 0.3) is 10.2 Å². The van der Waals surface area contributed by atoms with E-state index in [0.29, 0.717) is 22.1 Å². The summed E-state index contributed by atoms with van der Waals surface area (Å²) in [4.78, 5) is 16.4. The van der Waals surface area contributed by atoms with Gasteiger partial charge < -0.3 is 15.8 Å². The number of rotatable bonds is 3. The number of amides is 1. The molecule has 3 rings (SSSR count). The van der Waals surface area contributed by atoms with Crippen LogP contribution in [0.4, 0.5) is 10.8 Å². The first-order chi connectivity index (χ1) is 10.2. The fourth-order valence-corrected chi connectivity index (χ4v) is 2.76. The highest BCUT2D eigenvalue weighted by molar-refractivity contribution is 7.22. The highest BCUT2D eigenvalue weighted by Crippen LogP contribution is 2.25. The summed E-state index contributed by atoms with van der Waals surface area (Å²) in [5.41, 5.74) is 7.71. The van der Waals surface area contributed by atoms with Gasteiger partial charge in [-0.15, -0.1) is 0 Å². The van der Waals surface area contributed by atoms with Crippen molar-refractivity contribution < 1.29 is 9.53 Å². The number of benzene rings is 2. The molecule has 106 valence electrons. The zero-order chi connectivity index (χ0) is 14.8. The quantitative estimate of drug-likeness (QED) is 0.779. The molecule has 1 aromatic heterocycles. The zero-order valence-corrected chi connectivity index (χ0v) is 12.1. The number of nitrogen functional groups attached to an aromatic ring is 1. The first-order valence-electron chi connectivity index (χ1n) is 6.27. The van der Waals surface area contributed by atoms with E-state index >= 15 is 0 Å². The molecule has 3 N–H and O–H groups in total. The molecule has 0 aliphatic rings. The molecule has 2 aromatic carbocycles. The Morgan fingerprint density at radius 2 is 2.14 bits per heavy atom. The first kappa shape index (κ1) is 13.4. The molecular formula is C15H13N3O2S. The second-order valence-electron chi connectivity index (χ2n) is 4.42. The second kappa shape index (κ2) is 5.41. The number of anilines is 2. The number of nitrogens with two attached hydrogens (primary N) is 1. The van der Waals surface area contributed by atoms with E-state index in [1.54, 1.807) is 31.4 Å². The number of aromatic nitrogens is 1. The van der Waals surface area contributed by atoms with Gasteiger partial charge in [0.25, 0.3) is 5.91 Å². The van der Waals surface area contributed by atoms with Crippen LogP contribution >= 0.6 is 11.3 Å². The predicted octanol–water partition coefficient (Wildman–Crippen LogP) is 3.14. The van der Waals surface area contributed by atoms with Gasteiger partial charge in [0.15, 0.2) is 5.13 Å². The summed E-state index contributed by atoms with van der Waals surface area (Å²) in [6.07, 6.45) is 0. The van der Waals surface area contributed by atoms with Crippen LogP contribution in [0.5, 0.6) is 5.75 Å². The monoisotopic (exact) mass is 299 g/mol. The minimum atomic E-state index is -0.183. The van der Waals surface area contributed by atoms with E-state index < -0.39 is 0 Å². The van der Waals surface area contributed by atoms with Gasteiger partial charge in [0.05, 0.1) is 17.3 Å². The van der Waals surface area contributed by atoms with Crippen molar-refractivity contribution in [1.29, 1.82) is 0 Å². The van der Waals surface area contributed by atoms with Crippen LogP contribution in [0.1, 0.15) is 10.4 Å². The Hall–Kier alpha value is -2.60. The van der Waals surface area contributed by atoms with Crippen molar-refractivity contribution in [1.82, 2.24) is 4.98 Å². The topological polar surface area (TPSA) is 77.2 Å². The third kappa shape index (κ3) is 2.80. The summed E-state index contributed by atoms with van der Waals surface area (Å²) in [7, 11) is 1.59. The molecule has 5 nitrogen and oxygen atoms in total. The molecule has 1 amide bonds. The van der Waals surface area contributed by atoms with Crippen molar-refractivity contribution in [2.24, 2.45) is 0 Å². The number of carbonyl (C=O) groups is 1. The van der Waals surface area contributed by atoms with Gasteiger partial charge in [0, 0.05) is 17.3 Å². The highest BCUT2D eigenvalue weighted by Gasteiger charge is 2.09. The Balaban J connectivity index is 1.85. The molecule has 0 atom stereocenters.